The highest BCUT2D eigenvalue weighted by Gasteiger charge is 2.06. The third-order valence-corrected chi connectivity index (χ3v) is 2.32. The minimum atomic E-state index is -0.505. The molecule has 0 unspecified atom stereocenters. The summed E-state index contributed by atoms with van der Waals surface area (Å²) in [6.07, 6.45) is 1.27. The van der Waals surface area contributed by atoms with E-state index < -0.39 is 12.0 Å². The lowest BCUT2D eigenvalue weighted by Gasteiger charge is -2.07. The van der Waals surface area contributed by atoms with Gasteiger partial charge in [-0.3, -0.25) is 9.59 Å². The third-order valence-electron chi connectivity index (χ3n) is 2.32. The van der Waals surface area contributed by atoms with E-state index in [0.717, 1.165) is 12.8 Å². The number of ether oxygens (including phenoxy) is 1. The van der Waals surface area contributed by atoms with E-state index in [9.17, 15) is 14.4 Å². The van der Waals surface area contributed by atoms with Crippen LogP contribution in [0.4, 0.5) is 4.79 Å². The van der Waals surface area contributed by atoms with Gasteiger partial charge < -0.3 is 15.4 Å². The summed E-state index contributed by atoms with van der Waals surface area (Å²) in [6.45, 7) is 2.88. The van der Waals surface area contributed by atoms with Gasteiger partial charge in [-0.25, -0.2) is 9.89 Å². The number of carbonyl (C=O) groups excluding carboxylic acids is 2. The van der Waals surface area contributed by atoms with Crippen molar-refractivity contribution in [3.8, 4) is 0 Å². The molecule has 3 N–H and O–H groups in total. The summed E-state index contributed by atoms with van der Waals surface area (Å²) in [6, 6.07) is 2.53. The predicted octanol–water partition coefficient (Wildman–Crippen LogP) is 0.0260. The third kappa shape index (κ3) is 5.98. The highest BCUT2D eigenvalue weighted by molar-refractivity contribution is 5.91. The van der Waals surface area contributed by atoms with Crippen LogP contribution >= 0.6 is 0 Å². The molecule has 0 aliphatic rings. The highest BCUT2D eigenvalue weighted by Crippen LogP contribution is 1.89. The van der Waals surface area contributed by atoms with E-state index in [2.05, 4.69) is 20.8 Å². The lowest BCUT2D eigenvalue weighted by atomic mass is 10.3. The Bertz CT molecular complexity index is 480. The Morgan fingerprint density at radius 3 is 2.70 bits per heavy atom. The van der Waals surface area contributed by atoms with Crippen molar-refractivity contribution in [2.45, 2.75) is 19.8 Å². The normalized spacial score (nSPS) is 9.85. The van der Waals surface area contributed by atoms with Crippen LogP contribution in [0.3, 0.4) is 0 Å². The molecule has 0 aromatic carbocycles. The number of hydrogen-bond donors (Lipinski definition) is 3. The average Bonchev–Trinajstić information content (AvgIpc) is 2.44. The first-order valence-electron chi connectivity index (χ1n) is 6.38. The van der Waals surface area contributed by atoms with Crippen LogP contribution in [-0.2, 0) is 4.74 Å². The zero-order valence-corrected chi connectivity index (χ0v) is 11.3. The SMILES string of the molecule is CCCCOC(=O)NCCNC(=O)c1ccc(=O)[nH]n1. The van der Waals surface area contributed by atoms with E-state index in [-0.39, 0.29) is 24.3 Å². The number of amides is 2. The van der Waals surface area contributed by atoms with Gasteiger partial charge in [-0.1, -0.05) is 13.3 Å². The molecule has 8 nitrogen and oxygen atoms in total. The standard InChI is InChI=1S/C12H18N4O4/c1-2-3-8-20-12(19)14-7-6-13-11(18)9-4-5-10(17)16-15-9/h4-5H,2-3,6-8H2,1H3,(H,13,18)(H,14,19)(H,16,17). The van der Waals surface area contributed by atoms with Crippen molar-refractivity contribution in [1.29, 1.82) is 0 Å². The van der Waals surface area contributed by atoms with Gasteiger partial charge in [-0.2, -0.15) is 5.10 Å². The fourth-order valence-corrected chi connectivity index (χ4v) is 1.26. The van der Waals surface area contributed by atoms with E-state index in [1.165, 1.54) is 12.1 Å². The number of hydrogen-bond acceptors (Lipinski definition) is 5. The van der Waals surface area contributed by atoms with Crippen LogP contribution in [0.1, 0.15) is 30.3 Å². The van der Waals surface area contributed by atoms with E-state index in [1.807, 2.05) is 6.92 Å². The molecular weight excluding hydrogens is 264 g/mol. The first-order valence-corrected chi connectivity index (χ1v) is 6.38. The van der Waals surface area contributed by atoms with Gasteiger partial charge in [0.2, 0.25) is 0 Å². The second-order valence-corrected chi connectivity index (χ2v) is 3.98. The molecule has 0 radical (unpaired) electrons. The summed E-state index contributed by atoms with van der Waals surface area (Å²) in [5.41, 5.74) is -0.270. The van der Waals surface area contributed by atoms with Crippen LogP contribution in [0, 0.1) is 0 Å². The van der Waals surface area contributed by atoms with Crippen molar-refractivity contribution in [1.82, 2.24) is 20.8 Å². The summed E-state index contributed by atoms with van der Waals surface area (Å²) >= 11 is 0. The number of nitrogens with zero attached hydrogens (tertiary/aromatic N) is 1. The topological polar surface area (TPSA) is 113 Å². The van der Waals surface area contributed by atoms with Crippen molar-refractivity contribution in [2.75, 3.05) is 19.7 Å². The molecule has 0 saturated carbocycles. The monoisotopic (exact) mass is 282 g/mol. The van der Waals surface area contributed by atoms with Crippen LogP contribution in [-0.4, -0.2) is 41.9 Å². The Hall–Kier alpha value is -2.38. The predicted molar refractivity (Wildman–Crippen MR) is 71.4 cm³/mol. The lowest BCUT2D eigenvalue weighted by Crippen LogP contribution is -2.35. The van der Waals surface area contributed by atoms with Gasteiger partial charge in [0.15, 0.2) is 0 Å². The molecule has 0 saturated heterocycles. The van der Waals surface area contributed by atoms with Gasteiger partial charge in [0, 0.05) is 19.2 Å². The maximum Gasteiger partial charge on any atom is 0.407 e. The Morgan fingerprint density at radius 2 is 2.05 bits per heavy atom. The first kappa shape index (κ1) is 15.7. The number of alkyl carbamates (subject to hydrolysis) is 1. The second kappa shape index (κ2) is 8.68. The lowest BCUT2D eigenvalue weighted by molar-refractivity contribution is 0.0946. The summed E-state index contributed by atoms with van der Waals surface area (Å²) in [5, 5.41) is 10.8. The fourth-order valence-electron chi connectivity index (χ4n) is 1.26. The first-order chi connectivity index (χ1) is 9.63. The molecule has 0 aliphatic carbocycles. The Morgan fingerprint density at radius 1 is 1.30 bits per heavy atom. The molecule has 8 heteroatoms. The van der Waals surface area contributed by atoms with Gasteiger partial charge >= 0.3 is 6.09 Å². The fraction of sp³-hybridized carbons (Fsp3) is 0.500. The highest BCUT2D eigenvalue weighted by atomic mass is 16.5. The molecule has 0 spiro atoms. The van der Waals surface area contributed by atoms with Crippen LogP contribution in [0.15, 0.2) is 16.9 Å². The maximum atomic E-state index is 11.6. The van der Waals surface area contributed by atoms with E-state index in [1.54, 1.807) is 0 Å². The zero-order chi connectivity index (χ0) is 14.8. The summed E-state index contributed by atoms with van der Waals surface area (Å²) in [7, 11) is 0. The van der Waals surface area contributed by atoms with Crippen molar-refractivity contribution < 1.29 is 14.3 Å². The zero-order valence-electron chi connectivity index (χ0n) is 11.3. The van der Waals surface area contributed by atoms with Crippen LogP contribution in [0.2, 0.25) is 0 Å². The van der Waals surface area contributed by atoms with Crippen molar-refractivity contribution in [2.24, 2.45) is 0 Å². The van der Waals surface area contributed by atoms with Gasteiger partial charge in [0.25, 0.3) is 11.5 Å². The average molecular weight is 282 g/mol. The van der Waals surface area contributed by atoms with Crippen LogP contribution in [0.25, 0.3) is 0 Å². The number of aromatic amines is 1. The van der Waals surface area contributed by atoms with Crippen LogP contribution < -0.4 is 16.2 Å². The van der Waals surface area contributed by atoms with Gasteiger partial charge in [0.1, 0.15) is 5.69 Å². The van der Waals surface area contributed by atoms with Crippen LogP contribution in [0.5, 0.6) is 0 Å². The Balaban J connectivity index is 2.17. The van der Waals surface area contributed by atoms with E-state index in [0.29, 0.717) is 6.61 Å². The minimum absolute atomic E-state index is 0.107. The van der Waals surface area contributed by atoms with Gasteiger partial charge in [-0.05, 0) is 12.5 Å². The Labute approximate surface area is 115 Å². The van der Waals surface area contributed by atoms with Crippen molar-refractivity contribution in [3.05, 3.63) is 28.2 Å². The second-order valence-electron chi connectivity index (χ2n) is 3.98. The number of aromatic nitrogens is 2. The molecule has 0 fully saturated rings. The molecule has 0 bridgehead atoms. The molecule has 110 valence electrons. The summed E-state index contributed by atoms with van der Waals surface area (Å²) in [4.78, 5) is 33.5. The molecule has 1 aromatic rings. The minimum Gasteiger partial charge on any atom is -0.450 e. The smallest absolute Gasteiger partial charge is 0.407 e. The number of rotatable bonds is 7. The molecule has 0 aliphatic heterocycles. The van der Waals surface area contributed by atoms with E-state index >= 15 is 0 Å². The molecule has 2 amide bonds. The quantitative estimate of drug-likeness (QED) is 0.610. The molecule has 1 aromatic heterocycles. The largest absolute Gasteiger partial charge is 0.450 e. The number of carbonyl (C=O) groups is 2. The van der Waals surface area contributed by atoms with Crippen molar-refractivity contribution in [3.63, 3.8) is 0 Å². The van der Waals surface area contributed by atoms with E-state index in [4.69, 9.17) is 4.74 Å². The number of nitrogens with one attached hydrogen (secondary N) is 3. The maximum absolute atomic E-state index is 11.6. The molecule has 0 atom stereocenters. The Kier molecular flexibility index (Phi) is 6.80. The van der Waals surface area contributed by atoms with Crippen molar-refractivity contribution >= 4 is 12.0 Å². The number of unbranched alkanes of at least 4 members (excludes halogenated alkanes) is 1. The number of H-pyrrole nitrogens is 1. The van der Waals surface area contributed by atoms with Gasteiger partial charge in [-0.15, -0.1) is 0 Å². The summed E-state index contributed by atoms with van der Waals surface area (Å²) in [5.74, 6) is -0.428. The molecule has 1 heterocycles. The molecular formula is C12H18N4O4. The summed E-state index contributed by atoms with van der Waals surface area (Å²) < 4.78 is 4.87. The molecule has 1 rings (SSSR count). The van der Waals surface area contributed by atoms with Gasteiger partial charge in [0.05, 0.1) is 6.61 Å². The molecule has 20 heavy (non-hydrogen) atoms.